The Labute approximate surface area is 168 Å². The zero-order valence-electron chi connectivity index (χ0n) is 15.6. The van der Waals surface area contributed by atoms with Gasteiger partial charge < -0.3 is 19.1 Å². The second-order valence-electron chi connectivity index (χ2n) is 6.71. The summed E-state index contributed by atoms with van der Waals surface area (Å²) in [4.78, 5) is 26.7. The lowest BCUT2D eigenvalue weighted by atomic mass is 10.2. The molecule has 0 saturated carbocycles. The highest BCUT2D eigenvalue weighted by Gasteiger charge is 2.36. The highest BCUT2D eigenvalue weighted by Crippen LogP contribution is 2.38. The summed E-state index contributed by atoms with van der Waals surface area (Å²) in [7, 11) is -3.13. The SMILES string of the molecule is CCN(C(=O)[C@@H](C)OC(=O)c1cc(Cl)c2c(c1)OCCO2)[C@@H]1CCS(=O)(=O)C1. The largest absolute Gasteiger partial charge is 0.486 e. The quantitative estimate of drug-likeness (QED) is 0.654. The van der Waals surface area contributed by atoms with E-state index in [4.69, 9.17) is 25.8 Å². The molecule has 10 heteroatoms. The van der Waals surface area contributed by atoms with Gasteiger partial charge in [0.15, 0.2) is 27.4 Å². The molecule has 1 amide bonds. The van der Waals surface area contributed by atoms with E-state index in [2.05, 4.69) is 0 Å². The van der Waals surface area contributed by atoms with Crippen molar-refractivity contribution in [2.75, 3.05) is 31.3 Å². The van der Waals surface area contributed by atoms with Crippen molar-refractivity contribution in [2.45, 2.75) is 32.4 Å². The molecule has 1 fully saturated rings. The molecule has 1 aromatic rings. The van der Waals surface area contributed by atoms with Crippen molar-refractivity contribution >= 4 is 33.3 Å². The first-order chi connectivity index (χ1) is 13.2. The van der Waals surface area contributed by atoms with Crippen LogP contribution >= 0.6 is 11.6 Å². The number of carbonyl (C=O) groups is 2. The van der Waals surface area contributed by atoms with Gasteiger partial charge in [-0.3, -0.25) is 4.79 Å². The smallest absolute Gasteiger partial charge is 0.339 e. The van der Waals surface area contributed by atoms with Crippen molar-refractivity contribution < 1.29 is 32.2 Å². The van der Waals surface area contributed by atoms with Crippen molar-refractivity contribution in [3.8, 4) is 11.5 Å². The van der Waals surface area contributed by atoms with Gasteiger partial charge in [0.1, 0.15) is 13.2 Å². The number of hydrogen-bond acceptors (Lipinski definition) is 7. The second kappa shape index (κ2) is 8.16. The molecule has 154 valence electrons. The fraction of sp³-hybridized carbons (Fsp3) is 0.556. The van der Waals surface area contributed by atoms with Crippen LogP contribution < -0.4 is 9.47 Å². The van der Waals surface area contributed by atoms with Gasteiger partial charge in [-0.2, -0.15) is 0 Å². The molecule has 2 heterocycles. The average Bonchev–Trinajstić information content (AvgIpc) is 3.01. The van der Waals surface area contributed by atoms with Crippen LogP contribution in [0.2, 0.25) is 5.02 Å². The minimum Gasteiger partial charge on any atom is -0.486 e. The van der Waals surface area contributed by atoms with Gasteiger partial charge in [-0.15, -0.1) is 0 Å². The Kier molecular flexibility index (Phi) is 6.04. The molecule has 0 radical (unpaired) electrons. The van der Waals surface area contributed by atoms with E-state index in [1.165, 1.54) is 24.0 Å². The molecule has 0 unspecified atom stereocenters. The van der Waals surface area contributed by atoms with Crippen molar-refractivity contribution in [1.29, 1.82) is 0 Å². The molecular formula is C18H22ClNO7S. The van der Waals surface area contributed by atoms with Crippen LogP contribution in [0.1, 0.15) is 30.6 Å². The molecule has 0 aliphatic carbocycles. The molecule has 2 aliphatic rings. The monoisotopic (exact) mass is 431 g/mol. The highest BCUT2D eigenvalue weighted by molar-refractivity contribution is 7.91. The number of ether oxygens (including phenoxy) is 3. The fourth-order valence-corrected chi connectivity index (χ4v) is 5.35. The lowest BCUT2D eigenvalue weighted by Gasteiger charge is -2.29. The predicted molar refractivity (Wildman–Crippen MR) is 102 cm³/mol. The molecule has 0 N–H and O–H groups in total. The summed E-state index contributed by atoms with van der Waals surface area (Å²) in [6, 6.07) is 2.46. The van der Waals surface area contributed by atoms with E-state index in [-0.39, 0.29) is 22.1 Å². The third-order valence-corrected chi connectivity index (χ3v) is 6.77. The van der Waals surface area contributed by atoms with Crippen LogP contribution in [0, 0.1) is 0 Å². The summed E-state index contributed by atoms with van der Waals surface area (Å²) in [6.07, 6.45) is -0.678. The first-order valence-electron chi connectivity index (χ1n) is 9.03. The van der Waals surface area contributed by atoms with Gasteiger partial charge in [0.2, 0.25) is 0 Å². The first-order valence-corrected chi connectivity index (χ1v) is 11.2. The van der Waals surface area contributed by atoms with Crippen LogP contribution in [0.4, 0.5) is 0 Å². The molecule has 0 spiro atoms. The summed E-state index contributed by atoms with van der Waals surface area (Å²) in [5.41, 5.74) is 0.139. The number of sulfone groups is 1. The standard InChI is InChI=1S/C18H22ClNO7S/c1-3-20(13-4-7-28(23,24)10-13)17(21)11(2)27-18(22)12-8-14(19)16-15(9-12)25-5-6-26-16/h8-9,11,13H,3-7,10H2,1-2H3/t11-,13-/m1/s1. The van der Waals surface area contributed by atoms with Crippen LogP contribution in [0.15, 0.2) is 12.1 Å². The molecule has 1 aromatic carbocycles. The first kappa shape index (κ1) is 20.7. The summed E-state index contributed by atoms with van der Waals surface area (Å²) in [5, 5.41) is 0.217. The van der Waals surface area contributed by atoms with Gasteiger partial charge in [-0.05, 0) is 32.4 Å². The molecular weight excluding hydrogens is 410 g/mol. The molecule has 2 aliphatic heterocycles. The van der Waals surface area contributed by atoms with Gasteiger partial charge in [-0.1, -0.05) is 11.6 Å². The van der Waals surface area contributed by atoms with Crippen LogP contribution in [0.5, 0.6) is 11.5 Å². The minimum atomic E-state index is -3.13. The number of nitrogens with zero attached hydrogens (tertiary/aromatic N) is 1. The maximum Gasteiger partial charge on any atom is 0.339 e. The van der Waals surface area contributed by atoms with E-state index in [1.54, 1.807) is 6.92 Å². The van der Waals surface area contributed by atoms with E-state index >= 15 is 0 Å². The lowest BCUT2D eigenvalue weighted by molar-refractivity contribution is -0.141. The summed E-state index contributed by atoms with van der Waals surface area (Å²) >= 11 is 6.13. The molecule has 3 rings (SSSR count). The van der Waals surface area contributed by atoms with Crippen LogP contribution in [-0.2, 0) is 19.4 Å². The number of fused-ring (bicyclic) bond motifs is 1. The Morgan fingerprint density at radius 3 is 2.68 bits per heavy atom. The van der Waals surface area contributed by atoms with Gasteiger partial charge in [0.25, 0.3) is 5.91 Å². The predicted octanol–water partition coefficient (Wildman–Crippen LogP) is 1.69. The number of halogens is 1. The highest BCUT2D eigenvalue weighted by atomic mass is 35.5. The summed E-state index contributed by atoms with van der Waals surface area (Å²) < 4.78 is 39.6. The Hall–Kier alpha value is -2.00. The number of carbonyl (C=O) groups excluding carboxylic acids is 2. The number of esters is 1. The minimum absolute atomic E-state index is 0.0608. The van der Waals surface area contributed by atoms with E-state index in [1.807, 2.05) is 0 Å². The molecule has 2 atom stereocenters. The zero-order valence-corrected chi connectivity index (χ0v) is 17.2. The van der Waals surface area contributed by atoms with Gasteiger partial charge in [0.05, 0.1) is 22.1 Å². The lowest BCUT2D eigenvalue weighted by Crippen LogP contribution is -2.46. The number of benzene rings is 1. The van der Waals surface area contributed by atoms with Gasteiger partial charge >= 0.3 is 5.97 Å². The van der Waals surface area contributed by atoms with E-state index in [0.717, 1.165) is 0 Å². The Bertz CT molecular complexity index is 886. The zero-order chi connectivity index (χ0) is 20.5. The molecule has 0 aromatic heterocycles. The van der Waals surface area contributed by atoms with Gasteiger partial charge in [-0.25, -0.2) is 13.2 Å². The number of hydrogen-bond donors (Lipinski definition) is 0. The molecule has 8 nitrogen and oxygen atoms in total. The van der Waals surface area contributed by atoms with Crippen LogP contribution in [0.3, 0.4) is 0 Å². The summed E-state index contributed by atoms with van der Waals surface area (Å²) in [5.74, 6) is -0.448. The topological polar surface area (TPSA) is 99.2 Å². The third-order valence-electron chi connectivity index (χ3n) is 4.74. The molecule has 1 saturated heterocycles. The number of amides is 1. The third kappa shape index (κ3) is 4.35. The van der Waals surface area contributed by atoms with Gasteiger partial charge in [0, 0.05) is 12.6 Å². The van der Waals surface area contributed by atoms with E-state index in [0.29, 0.717) is 37.7 Å². The Morgan fingerprint density at radius 2 is 2.04 bits per heavy atom. The molecule has 28 heavy (non-hydrogen) atoms. The second-order valence-corrected chi connectivity index (χ2v) is 9.35. The Morgan fingerprint density at radius 1 is 1.32 bits per heavy atom. The fourth-order valence-electron chi connectivity index (χ4n) is 3.36. The van der Waals surface area contributed by atoms with Crippen LogP contribution in [-0.4, -0.2) is 68.6 Å². The van der Waals surface area contributed by atoms with Crippen molar-refractivity contribution in [3.05, 3.63) is 22.7 Å². The van der Waals surface area contributed by atoms with Crippen molar-refractivity contribution in [1.82, 2.24) is 4.90 Å². The van der Waals surface area contributed by atoms with E-state index in [9.17, 15) is 18.0 Å². The molecule has 0 bridgehead atoms. The normalized spacial score (nSPS) is 21.0. The number of likely N-dealkylation sites (N-methyl/N-ethyl adjacent to an activating group) is 1. The maximum atomic E-state index is 12.7. The Balaban J connectivity index is 1.69. The van der Waals surface area contributed by atoms with Crippen molar-refractivity contribution in [2.24, 2.45) is 0 Å². The number of rotatable bonds is 5. The maximum absolute atomic E-state index is 12.7. The van der Waals surface area contributed by atoms with Crippen molar-refractivity contribution in [3.63, 3.8) is 0 Å². The van der Waals surface area contributed by atoms with E-state index < -0.39 is 33.9 Å². The summed E-state index contributed by atoms with van der Waals surface area (Å²) in [6.45, 7) is 4.26. The van der Waals surface area contributed by atoms with Crippen LogP contribution in [0.25, 0.3) is 0 Å². The average molecular weight is 432 g/mol.